The Labute approximate surface area is 131 Å². The quantitative estimate of drug-likeness (QED) is 0.846. The third-order valence-electron chi connectivity index (χ3n) is 4.20. The fourth-order valence-corrected chi connectivity index (χ4v) is 3.08. The van der Waals surface area contributed by atoms with E-state index in [2.05, 4.69) is 33.2 Å². The maximum atomic E-state index is 12.4. The normalized spacial score (nSPS) is 22.2. The molecule has 1 saturated heterocycles. The van der Waals surface area contributed by atoms with Gasteiger partial charge in [0.1, 0.15) is 0 Å². The molecule has 118 valence electrons. The van der Waals surface area contributed by atoms with E-state index in [4.69, 9.17) is 0 Å². The van der Waals surface area contributed by atoms with Gasteiger partial charge in [-0.05, 0) is 32.3 Å². The van der Waals surface area contributed by atoms with Crippen molar-refractivity contribution >= 4 is 12.0 Å². The standard InChI is InChI=1S/C16H23N5O/c1-13-5-2-10-21(11-13)16(22)19-14-6-3-9-20(12-14)15-17-7-4-8-18-15/h4-5,7-8,14H,2-3,6,9-12H2,1H3,(H,19,22). The Hall–Kier alpha value is -2.11. The highest BCUT2D eigenvalue weighted by Crippen LogP contribution is 2.16. The van der Waals surface area contributed by atoms with E-state index in [9.17, 15) is 4.79 Å². The highest BCUT2D eigenvalue weighted by molar-refractivity contribution is 5.75. The molecule has 1 unspecified atom stereocenters. The monoisotopic (exact) mass is 301 g/mol. The Kier molecular flexibility index (Phi) is 4.56. The van der Waals surface area contributed by atoms with Gasteiger partial charge in [-0.2, -0.15) is 0 Å². The summed E-state index contributed by atoms with van der Waals surface area (Å²) >= 11 is 0. The molecule has 0 bridgehead atoms. The van der Waals surface area contributed by atoms with Crippen LogP contribution in [0.4, 0.5) is 10.7 Å². The molecular weight excluding hydrogens is 278 g/mol. The summed E-state index contributed by atoms with van der Waals surface area (Å²) in [7, 11) is 0. The van der Waals surface area contributed by atoms with E-state index in [-0.39, 0.29) is 12.1 Å². The number of rotatable bonds is 2. The lowest BCUT2D eigenvalue weighted by molar-refractivity contribution is 0.195. The Bertz CT molecular complexity index is 545. The molecule has 1 aromatic rings. The average molecular weight is 301 g/mol. The van der Waals surface area contributed by atoms with E-state index in [1.807, 2.05) is 11.0 Å². The highest BCUT2D eigenvalue weighted by Gasteiger charge is 2.25. The predicted octanol–water partition coefficient (Wildman–Crippen LogP) is 1.81. The van der Waals surface area contributed by atoms with Crippen LogP contribution in [0.25, 0.3) is 0 Å². The molecule has 6 heteroatoms. The zero-order valence-electron chi connectivity index (χ0n) is 13.0. The van der Waals surface area contributed by atoms with Crippen LogP contribution < -0.4 is 10.2 Å². The molecule has 2 aliphatic heterocycles. The van der Waals surface area contributed by atoms with Crippen LogP contribution in [-0.2, 0) is 0 Å². The molecule has 0 aliphatic carbocycles. The van der Waals surface area contributed by atoms with Gasteiger partial charge in [-0.15, -0.1) is 0 Å². The number of aromatic nitrogens is 2. The van der Waals surface area contributed by atoms with Gasteiger partial charge in [-0.3, -0.25) is 0 Å². The van der Waals surface area contributed by atoms with Crippen LogP contribution in [0.2, 0.25) is 0 Å². The van der Waals surface area contributed by atoms with Crippen molar-refractivity contribution in [3.05, 3.63) is 30.1 Å². The van der Waals surface area contributed by atoms with Crippen molar-refractivity contribution in [1.29, 1.82) is 0 Å². The minimum absolute atomic E-state index is 0.0493. The fraction of sp³-hybridized carbons (Fsp3) is 0.562. The maximum absolute atomic E-state index is 12.4. The van der Waals surface area contributed by atoms with E-state index < -0.39 is 0 Å². The summed E-state index contributed by atoms with van der Waals surface area (Å²) in [5.41, 5.74) is 1.27. The zero-order chi connectivity index (χ0) is 15.4. The van der Waals surface area contributed by atoms with E-state index in [1.54, 1.807) is 12.4 Å². The average Bonchev–Trinajstić information content (AvgIpc) is 2.56. The number of hydrogen-bond acceptors (Lipinski definition) is 4. The minimum Gasteiger partial charge on any atom is -0.339 e. The molecule has 0 aromatic carbocycles. The second-order valence-corrected chi connectivity index (χ2v) is 6.04. The van der Waals surface area contributed by atoms with Gasteiger partial charge < -0.3 is 15.1 Å². The molecular formula is C16H23N5O. The van der Waals surface area contributed by atoms with E-state index in [0.29, 0.717) is 0 Å². The van der Waals surface area contributed by atoms with Crippen LogP contribution in [0.15, 0.2) is 30.1 Å². The lowest BCUT2D eigenvalue weighted by Gasteiger charge is -2.35. The van der Waals surface area contributed by atoms with Gasteiger partial charge in [0, 0.05) is 44.6 Å². The number of nitrogens with zero attached hydrogens (tertiary/aromatic N) is 4. The van der Waals surface area contributed by atoms with Crippen molar-refractivity contribution in [3.8, 4) is 0 Å². The van der Waals surface area contributed by atoms with Crippen LogP contribution in [0.1, 0.15) is 26.2 Å². The van der Waals surface area contributed by atoms with E-state index in [1.165, 1.54) is 5.57 Å². The summed E-state index contributed by atoms with van der Waals surface area (Å²) in [6.07, 6.45) is 8.73. The smallest absolute Gasteiger partial charge is 0.317 e. The fourth-order valence-electron chi connectivity index (χ4n) is 3.08. The lowest BCUT2D eigenvalue weighted by Crippen LogP contribution is -2.52. The first-order valence-corrected chi connectivity index (χ1v) is 7.95. The van der Waals surface area contributed by atoms with Gasteiger partial charge in [0.15, 0.2) is 0 Å². The molecule has 6 nitrogen and oxygen atoms in total. The number of carbonyl (C=O) groups excluding carboxylic acids is 1. The maximum Gasteiger partial charge on any atom is 0.317 e. The molecule has 3 heterocycles. The second kappa shape index (κ2) is 6.77. The SMILES string of the molecule is CC1=CCCN(C(=O)NC2CCCN(c3ncccn3)C2)C1. The molecule has 1 N–H and O–H groups in total. The van der Waals surface area contributed by atoms with Gasteiger partial charge in [-0.25, -0.2) is 14.8 Å². The van der Waals surface area contributed by atoms with Gasteiger partial charge in [-0.1, -0.05) is 11.6 Å². The predicted molar refractivity (Wildman–Crippen MR) is 85.7 cm³/mol. The van der Waals surface area contributed by atoms with Gasteiger partial charge in [0.2, 0.25) is 5.95 Å². The molecule has 1 aromatic heterocycles. The van der Waals surface area contributed by atoms with E-state index >= 15 is 0 Å². The third-order valence-corrected chi connectivity index (χ3v) is 4.20. The largest absolute Gasteiger partial charge is 0.339 e. The number of anilines is 1. The molecule has 0 saturated carbocycles. The van der Waals surface area contributed by atoms with Crippen LogP contribution in [0, 0.1) is 0 Å². The first-order chi connectivity index (χ1) is 10.7. The Balaban J connectivity index is 1.56. The van der Waals surface area contributed by atoms with Gasteiger partial charge in [0.25, 0.3) is 0 Å². The Morgan fingerprint density at radius 2 is 2.14 bits per heavy atom. The number of hydrogen-bond donors (Lipinski definition) is 1. The number of piperidine rings is 1. The van der Waals surface area contributed by atoms with Gasteiger partial charge in [0.05, 0.1) is 0 Å². The highest BCUT2D eigenvalue weighted by atomic mass is 16.2. The summed E-state index contributed by atoms with van der Waals surface area (Å²) in [6.45, 7) is 5.35. The molecule has 0 spiro atoms. The van der Waals surface area contributed by atoms with Gasteiger partial charge >= 0.3 is 6.03 Å². The topological polar surface area (TPSA) is 61.4 Å². The summed E-state index contributed by atoms with van der Waals surface area (Å²) in [5, 5.41) is 3.17. The van der Waals surface area contributed by atoms with Crippen molar-refractivity contribution in [2.45, 2.75) is 32.2 Å². The molecule has 22 heavy (non-hydrogen) atoms. The van der Waals surface area contributed by atoms with Crippen LogP contribution >= 0.6 is 0 Å². The third kappa shape index (κ3) is 3.55. The number of nitrogens with one attached hydrogen (secondary N) is 1. The first-order valence-electron chi connectivity index (χ1n) is 7.95. The van der Waals surface area contributed by atoms with Crippen LogP contribution in [0.5, 0.6) is 0 Å². The summed E-state index contributed by atoms with van der Waals surface area (Å²) < 4.78 is 0. The van der Waals surface area contributed by atoms with Crippen molar-refractivity contribution < 1.29 is 4.79 Å². The minimum atomic E-state index is 0.0493. The number of carbonyl (C=O) groups is 1. The summed E-state index contributed by atoms with van der Waals surface area (Å²) in [5.74, 6) is 0.748. The molecule has 2 amide bonds. The van der Waals surface area contributed by atoms with Crippen molar-refractivity contribution in [2.75, 3.05) is 31.1 Å². The van der Waals surface area contributed by atoms with E-state index in [0.717, 1.165) is 51.4 Å². The Morgan fingerprint density at radius 1 is 1.32 bits per heavy atom. The summed E-state index contributed by atoms with van der Waals surface area (Å²) in [4.78, 5) is 25.0. The summed E-state index contributed by atoms with van der Waals surface area (Å²) in [6, 6.07) is 2.03. The molecule has 1 atom stereocenters. The molecule has 1 fully saturated rings. The number of urea groups is 1. The van der Waals surface area contributed by atoms with Crippen LogP contribution in [-0.4, -0.2) is 53.1 Å². The zero-order valence-corrected chi connectivity index (χ0v) is 13.0. The second-order valence-electron chi connectivity index (χ2n) is 6.04. The lowest BCUT2D eigenvalue weighted by atomic mass is 10.1. The first kappa shape index (κ1) is 14.8. The van der Waals surface area contributed by atoms with Crippen molar-refractivity contribution in [2.24, 2.45) is 0 Å². The molecule has 3 rings (SSSR count). The molecule has 2 aliphatic rings. The number of amides is 2. The molecule has 0 radical (unpaired) electrons. The van der Waals surface area contributed by atoms with Crippen molar-refractivity contribution in [3.63, 3.8) is 0 Å². The van der Waals surface area contributed by atoms with Crippen LogP contribution in [0.3, 0.4) is 0 Å². The van der Waals surface area contributed by atoms with Crippen molar-refractivity contribution in [1.82, 2.24) is 20.2 Å². The Morgan fingerprint density at radius 3 is 2.91 bits per heavy atom.